The fourth-order valence-electron chi connectivity index (χ4n) is 3.62. The van der Waals surface area contributed by atoms with Gasteiger partial charge in [-0.2, -0.15) is 0 Å². The second-order valence-electron chi connectivity index (χ2n) is 5.95. The third-order valence-corrected chi connectivity index (χ3v) is 6.05. The van der Waals surface area contributed by atoms with Gasteiger partial charge in [-0.15, -0.1) is 0 Å². The van der Waals surface area contributed by atoms with E-state index in [2.05, 4.69) is 0 Å². The van der Waals surface area contributed by atoms with Gasteiger partial charge in [-0.1, -0.05) is 6.42 Å². The Morgan fingerprint density at radius 3 is 2.48 bits per heavy atom. The summed E-state index contributed by atoms with van der Waals surface area (Å²) >= 11 is 0. The zero-order chi connectivity index (χ0) is 15.2. The zero-order valence-corrected chi connectivity index (χ0v) is 13.5. The monoisotopic (exact) mass is 330 g/mol. The summed E-state index contributed by atoms with van der Waals surface area (Å²) in [7, 11) is 1.57. The lowest BCUT2D eigenvalue weighted by molar-refractivity contribution is 0.0770. The van der Waals surface area contributed by atoms with Crippen molar-refractivity contribution in [2.75, 3.05) is 13.1 Å². The summed E-state index contributed by atoms with van der Waals surface area (Å²) in [5.74, 6) is 1.16. The van der Waals surface area contributed by atoms with Crippen LogP contribution in [-0.4, -0.2) is 36.9 Å². The third kappa shape index (κ3) is 2.71. The van der Waals surface area contributed by atoms with E-state index in [0.29, 0.717) is 24.1 Å². The maximum absolute atomic E-state index is 12.7. The molecule has 2 aliphatic rings. The van der Waals surface area contributed by atoms with Crippen molar-refractivity contribution < 1.29 is 13.2 Å². The van der Waals surface area contributed by atoms with E-state index in [4.69, 9.17) is 10.7 Å². The number of carbonyl (C=O) groups is 1. The summed E-state index contributed by atoms with van der Waals surface area (Å²) in [5, 5.41) is 0. The molecule has 2 heterocycles. The van der Waals surface area contributed by atoms with Crippen LogP contribution in [0.15, 0.2) is 17.2 Å². The number of aromatic nitrogens is 1. The first-order chi connectivity index (χ1) is 9.90. The molecule has 21 heavy (non-hydrogen) atoms. The molecule has 2 fully saturated rings. The van der Waals surface area contributed by atoms with Crippen LogP contribution in [0.4, 0.5) is 0 Å². The number of hydrogen-bond donors (Lipinski definition) is 0. The predicted octanol–water partition coefficient (Wildman–Crippen LogP) is 2.31. The third-order valence-electron chi connectivity index (χ3n) is 4.73. The van der Waals surface area contributed by atoms with Crippen LogP contribution in [0, 0.1) is 11.8 Å². The Morgan fingerprint density at radius 2 is 1.95 bits per heavy atom. The van der Waals surface area contributed by atoms with Crippen LogP contribution in [0.1, 0.15) is 36.7 Å². The Bertz CT molecular complexity index is 656. The van der Waals surface area contributed by atoms with Gasteiger partial charge in [0.05, 0.1) is 0 Å². The van der Waals surface area contributed by atoms with E-state index in [0.717, 1.165) is 13.1 Å². The van der Waals surface area contributed by atoms with Crippen molar-refractivity contribution in [3.63, 3.8) is 0 Å². The van der Waals surface area contributed by atoms with Crippen molar-refractivity contribution in [1.82, 2.24) is 9.47 Å². The summed E-state index contributed by atoms with van der Waals surface area (Å²) < 4.78 is 24.5. The van der Waals surface area contributed by atoms with Gasteiger partial charge in [-0.25, -0.2) is 8.42 Å². The molecule has 1 saturated heterocycles. The van der Waals surface area contributed by atoms with Gasteiger partial charge in [-0.3, -0.25) is 4.79 Å². The number of hydrogen-bond acceptors (Lipinski definition) is 3. The minimum Gasteiger partial charge on any atom is -0.342 e. The van der Waals surface area contributed by atoms with E-state index >= 15 is 0 Å². The van der Waals surface area contributed by atoms with Crippen molar-refractivity contribution in [3.8, 4) is 0 Å². The molecule has 5 nitrogen and oxygen atoms in total. The minimum atomic E-state index is -3.81. The van der Waals surface area contributed by atoms with E-state index in [1.54, 1.807) is 4.57 Å². The first-order valence-corrected chi connectivity index (χ1v) is 9.65. The Hall–Kier alpha value is -1.01. The van der Waals surface area contributed by atoms with Gasteiger partial charge in [0.1, 0.15) is 10.6 Å². The molecule has 1 aliphatic carbocycles. The summed E-state index contributed by atoms with van der Waals surface area (Å²) in [6, 6.07) is 1.39. The van der Waals surface area contributed by atoms with Crippen LogP contribution in [0.5, 0.6) is 0 Å². The molecule has 2 unspecified atom stereocenters. The highest BCUT2D eigenvalue weighted by atomic mass is 35.7. The average Bonchev–Trinajstić information content (AvgIpc) is 3.09. The average molecular weight is 331 g/mol. The molecule has 0 spiro atoms. The molecule has 0 N–H and O–H groups in total. The first kappa shape index (κ1) is 14.9. The Balaban J connectivity index is 1.86. The fourth-order valence-corrected chi connectivity index (χ4v) is 4.38. The lowest BCUT2D eigenvalue weighted by atomic mass is 10.0. The van der Waals surface area contributed by atoms with Crippen molar-refractivity contribution >= 4 is 25.6 Å². The lowest BCUT2D eigenvalue weighted by Crippen LogP contribution is -2.31. The van der Waals surface area contributed by atoms with Crippen LogP contribution < -0.4 is 0 Å². The molecular formula is C14H19ClN2O3S. The SMILES string of the molecule is CCn1cc(S(=O)(=O)Cl)cc1C(=O)N1CC2CCCC2C1. The Labute approximate surface area is 129 Å². The second-order valence-corrected chi connectivity index (χ2v) is 8.51. The number of amides is 1. The molecular weight excluding hydrogens is 312 g/mol. The van der Waals surface area contributed by atoms with Crippen molar-refractivity contribution in [2.45, 2.75) is 37.6 Å². The van der Waals surface area contributed by atoms with Crippen LogP contribution in [0.2, 0.25) is 0 Å². The van der Waals surface area contributed by atoms with E-state index < -0.39 is 9.05 Å². The molecule has 1 amide bonds. The summed E-state index contributed by atoms with van der Waals surface area (Å²) in [6.07, 6.45) is 5.10. The van der Waals surface area contributed by atoms with Gasteiger partial charge in [0.2, 0.25) is 0 Å². The molecule has 2 atom stereocenters. The number of aryl methyl sites for hydroxylation is 1. The lowest BCUT2D eigenvalue weighted by Gasteiger charge is -2.18. The molecule has 7 heteroatoms. The molecule has 116 valence electrons. The van der Waals surface area contributed by atoms with Crippen LogP contribution >= 0.6 is 10.7 Å². The standard InChI is InChI=1S/C14H19ClN2O3S/c1-2-16-9-12(21(15,19)20)6-13(16)14(18)17-7-10-4-3-5-11(10)8-17/h6,9-11H,2-5,7-8H2,1H3. The van der Waals surface area contributed by atoms with Gasteiger partial charge >= 0.3 is 0 Å². The Morgan fingerprint density at radius 1 is 1.33 bits per heavy atom. The number of nitrogens with zero attached hydrogens (tertiary/aromatic N) is 2. The smallest absolute Gasteiger partial charge is 0.270 e. The summed E-state index contributed by atoms with van der Waals surface area (Å²) in [4.78, 5) is 14.5. The van der Waals surface area contributed by atoms with Crippen LogP contribution in [-0.2, 0) is 15.6 Å². The number of rotatable bonds is 3. The molecule has 0 aromatic carbocycles. The molecule has 1 aromatic heterocycles. The molecule has 1 aliphatic heterocycles. The molecule has 0 bridgehead atoms. The van der Waals surface area contributed by atoms with Crippen molar-refractivity contribution in [3.05, 3.63) is 18.0 Å². The number of fused-ring (bicyclic) bond motifs is 1. The minimum absolute atomic E-state index is 0.00578. The largest absolute Gasteiger partial charge is 0.342 e. The maximum atomic E-state index is 12.7. The maximum Gasteiger partial charge on any atom is 0.270 e. The number of halogens is 1. The van der Waals surface area contributed by atoms with Gasteiger partial charge in [0.25, 0.3) is 15.0 Å². The van der Waals surface area contributed by atoms with Gasteiger partial charge in [0, 0.05) is 36.5 Å². The second kappa shape index (κ2) is 5.32. The Kier molecular flexibility index (Phi) is 3.78. The van der Waals surface area contributed by atoms with Crippen LogP contribution in [0.3, 0.4) is 0 Å². The normalized spacial score (nSPS) is 25.3. The first-order valence-electron chi connectivity index (χ1n) is 7.34. The van der Waals surface area contributed by atoms with E-state index in [1.165, 1.54) is 31.5 Å². The molecule has 1 saturated carbocycles. The van der Waals surface area contributed by atoms with Gasteiger partial charge in [-0.05, 0) is 37.7 Å². The number of carbonyl (C=O) groups excluding carboxylic acids is 1. The molecule has 1 aromatic rings. The van der Waals surface area contributed by atoms with Crippen molar-refractivity contribution in [1.29, 1.82) is 0 Å². The quantitative estimate of drug-likeness (QED) is 0.799. The molecule has 3 rings (SSSR count). The topological polar surface area (TPSA) is 59.4 Å². The zero-order valence-electron chi connectivity index (χ0n) is 12.0. The summed E-state index contributed by atoms with van der Waals surface area (Å²) in [5.41, 5.74) is 0.414. The van der Waals surface area contributed by atoms with Gasteiger partial charge < -0.3 is 9.47 Å². The summed E-state index contributed by atoms with van der Waals surface area (Å²) in [6.45, 7) is 4.00. The predicted molar refractivity (Wildman–Crippen MR) is 79.9 cm³/mol. The van der Waals surface area contributed by atoms with E-state index in [1.807, 2.05) is 11.8 Å². The highest BCUT2D eigenvalue weighted by molar-refractivity contribution is 8.13. The number of likely N-dealkylation sites (tertiary alicyclic amines) is 1. The van der Waals surface area contributed by atoms with Crippen molar-refractivity contribution in [2.24, 2.45) is 11.8 Å². The fraction of sp³-hybridized carbons (Fsp3) is 0.643. The highest BCUT2D eigenvalue weighted by Gasteiger charge is 2.39. The van der Waals surface area contributed by atoms with Crippen LogP contribution in [0.25, 0.3) is 0 Å². The molecule has 0 radical (unpaired) electrons. The van der Waals surface area contributed by atoms with Gasteiger partial charge in [0.15, 0.2) is 0 Å². The van der Waals surface area contributed by atoms with E-state index in [9.17, 15) is 13.2 Å². The van der Waals surface area contributed by atoms with E-state index in [-0.39, 0.29) is 10.8 Å². The highest BCUT2D eigenvalue weighted by Crippen LogP contribution is 2.38.